The predicted molar refractivity (Wildman–Crippen MR) is 160 cm³/mol. The molecule has 1 fully saturated rings. The van der Waals surface area contributed by atoms with Crippen LogP contribution in [0.25, 0.3) is 0 Å². The Kier molecular flexibility index (Phi) is 8.60. The molecule has 2 unspecified atom stereocenters. The zero-order valence-electron chi connectivity index (χ0n) is 24.2. The van der Waals surface area contributed by atoms with Gasteiger partial charge in [-0.2, -0.15) is 0 Å². The van der Waals surface area contributed by atoms with Crippen LogP contribution < -0.4 is 5.32 Å². The van der Waals surface area contributed by atoms with E-state index in [9.17, 15) is 14.4 Å². The van der Waals surface area contributed by atoms with E-state index in [0.29, 0.717) is 10.0 Å². The van der Waals surface area contributed by atoms with E-state index in [0.717, 1.165) is 54.0 Å². The summed E-state index contributed by atoms with van der Waals surface area (Å²) in [6, 6.07) is 18.6. The number of carbonyl (C=O) groups is 3. The van der Waals surface area contributed by atoms with E-state index in [1.54, 1.807) is 41.7 Å². The third-order valence-electron chi connectivity index (χ3n) is 7.36. The van der Waals surface area contributed by atoms with Gasteiger partial charge in [0.2, 0.25) is 6.73 Å². The molecule has 5 rings (SSSR count). The first-order valence-electron chi connectivity index (χ1n) is 13.9. The molecule has 2 atom stereocenters. The number of likely N-dealkylation sites (N-methyl/N-ethyl adjacent to an activating group) is 1. The lowest BCUT2D eigenvalue weighted by molar-refractivity contribution is -0.929. The predicted octanol–water partition coefficient (Wildman–Crippen LogP) is 4.63. The number of nitrogens with one attached hydrogen (secondary N) is 1. The SMILES string of the molecule is Cc1cc2c(s1)Nc1ccccc1N=C2N1CC[N+](C)(COC(=O)C(C)OC(=O)C(C)OC(=O)c2ccccc2)CC1. The van der Waals surface area contributed by atoms with Gasteiger partial charge >= 0.3 is 17.9 Å². The molecule has 0 saturated carbocycles. The molecule has 3 heterocycles. The summed E-state index contributed by atoms with van der Waals surface area (Å²) in [4.78, 5) is 45.9. The van der Waals surface area contributed by atoms with E-state index < -0.39 is 30.1 Å². The third-order valence-corrected chi connectivity index (χ3v) is 8.33. The van der Waals surface area contributed by atoms with Crippen molar-refractivity contribution in [1.82, 2.24) is 4.90 Å². The molecule has 0 bridgehead atoms. The van der Waals surface area contributed by atoms with Crippen LogP contribution in [-0.2, 0) is 23.8 Å². The van der Waals surface area contributed by atoms with Crippen molar-refractivity contribution in [3.63, 3.8) is 0 Å². The molecule has 0 radical (unpaired) electrons. The van der Waals surface area contributed by atoms with E-state index in [-0.39, 0.29) is 6.73 Å². The number of quaternary nitrogens is 1. The zero-order chi connectivity index (χ0) is 29.9. The van der Waals surface area contributed by atoms with Crippen molar-refractivity contribution in [3.05, 3.63) is 76.7 Å². The van der Waals surface area contributed by atoms with E-state index in [4.69, 9.17) is 19.2 Å². The number of piperazine rings is 1. The number of benzene rings is 2. The van der Waals surface area contributed by atoms with Crippen molar-refractivity contribution < 1.29 is 33.1 Å². The Morgan fingerprint density at radius 2 is 1.64 bits per heavy atom. The van der Waals surface area contributed by atoms with Crippen LogP contribution in [-0.4, -0.2) is 85.3 Å². The molecule has 0 aliphatic carbocycles. The average molecular weight is 592 g/mol. The highest BCUT2D eigenvalue weighted by Gasteiger charge is 2.34. The molecule has 0 spiro atoms. The Morgan fingerprint density at radius 3 is 2.38 bits per heavy atom. The Labute approximate surface area is 249 Å². The van der Waals surface area contributed by atoms with Crippen LogP contribution in [0.15, 0.2) is 65.7 Å². The lowest BCUT2D eigenvalue weighted by atomic mass is 10.2. The summed E-state index contributed by atoms with van der Waals surface area (Å²) < 4.78 is 16.5. The number of thiophene rings is 1. The number of rotatable bonds is 7. The Balaban J connectivity index is 1.13. The smallest absolute Gasteiger partial charge is 0.351 e. The normalized spacial score (nSPS) is 16.9. The molecule has 1 aromatic heterocycles. The van der Waals surface area contributed by atoms with Crippen molar-refractivity contribution >= 4 is 51.5 Å². The summed E-state index contributed by atoms with van der Waals surface area (Å²) in [5, 5.41) is 4.63. The molecular formula is C31H35N4O6S+. The molecule has 1 N–H and O–H groups in total. The number of anilines is 2. The first-order valence-corrected chi connectivity index (χ1v) is 14.7. The molecule has 220 valence electrons. The summed E-state index contributed by atoms with van der Waals surface area (Å²) in [6.45, 7) is 8.03. The maximum absolute atomic E-state index is 12.7. The molecule has 2 aliphatic rings. The first kappa shape index (κ1) is 29.3. The van der Waals surface area contributed by atoms with Crippen molar-refractivity contribution in [3.8, 4) is 0 Å². The first-order chi connectivity index (χ1) is 20.1. The number of hydrogen-bond acceptors (Lipinski definition) is 10. The van der Waals surface area contributed by atoms with E-state index in [1.807, 2.05) is 31.3 Å². The van der Waals surface area contributed by atoms with Crippen molar-refractivity contribution in [1.29, 1.82) is 0 Å². The van der Waals surface area contributed by atoms with Gasteiger partial charge in [-0.1, -0.05) is 30.3 Å². The highest BCUT2D eigenvalue weighted by atomic mass is 32.1. The van der Waals surface area contributed by atoms with Crippen molar-refractivity contribution in [2.45, 2.75) is 33.0 Å². The van der Waals surface area contributed by atoms with Crippen LogP contribution in [0.3, 0.4) is 0 Å². The highest BCUT2D eigenvalue weighted by molar-refractivity contribution is 7.16. The van der Waals surface area contributed by atoms with Crippen LogP contribution >= 0.6 is 11.3 Å². The topological polar surface area (TPSA) is 107 Å². The summed E-state index contributed by atoms with van der Waals surface area (Å²) in [6.07, 6.45) is -2.32. The van der Waals surface area contributed by atoms with Gasteiger partial charge in [0, 0.05) is 4.88 Å². The fourth-order valence-electron chi connectivity index (χ4n) is 4.78. The number of hydrogen-bond donors (Lipinski definition) is 1. The maximum atomic E-state index is 12.7. The summed E-state index contributed by atoms with van der Waals surface area (Å²) in [7, 11) is 2.04. The lowest BCUT2D eigenvalue weighted by Crippen LogP contribution is -2.59. The number of ether oxygens (including phenoxy) is 3. The van der Waals surface area contributed by atoms with Gasteiger partial charge in [-0.25, -0.2) is 19.4 Å². The zero-order valence-corrected chi connectivity index (χ0v) is 25.0. The van der Waals surface area contributed by atoms with Crippen LogP contribution in [0, 0.1) is 6.92 Å². The molecule has 0 amide bonds. The second-order valence-electron chi connectivity index (χ2n) is 10.8. The minimum atomic E-state index is -1.17. The van der Waals surface area contributed by atoms with Gasteiger partial charge in [-0.15, -0.1) is 11.3 Å². The standard InChI is InChI=1S/C31H35N4O6S/c1-20-18-24-27(32-25-12-8-9-13-26(25)33-28(24)42-20)34-14-16-35(4,17-15-34)19-39-29(36)21(2)40-30(37)22(3)41-31(38)23-10-6-5-7-11-23/h5-13,18,21-22,33H,14-17,19H2,1-4H3/q+1. The number of carbonyl (C=O) groups excluding carboxylic acids is 3. The number of esters is 3. The molecule has 10 nitrogen and oxygen atoms in total. The second-order valence-corrected chi connectivity index (χ2v) is 12.1. The molecule has 11 heteroatoms. The van der Waals surface area contributed by atoms with Crippen molar-refractivity contribution in [2.75, 3.05) is 45.3 Å². The number of nitrogens with zero attached hydrogens (tertiary/aromatic N) is 3. The fourth-order valence-corrected chi connectivity index (χ4v) is 5.70. The minimum Gasteiger partial charge on any atom is -0.448 e. The molecule has 42 heavy (non-hydrogen) atoms. The summed E-state index contributed by atoms with van der Waals surface area (Å²) >= 11 is 1.72. The van der Waals surface area contributed by atoms with E-state index >= 15 is 0 Å². The van der Waals surface area contributed by atoms with Gasteiger partial charge in [0.05, 0.1) is 55.7 Å². The van der Waals surface area contributed by atoms with Crippen LogP contribution in [0.1, 0.15) is 34.6 Å². The number of aliphatic imine (C=N–C) groups is 1. The van der Waals surface area contributed by atoms with Crippen molar-refractivity contribution in [2.24, 2.45) is 4.99 Å². The molecular weight excluding hydrogens is 556 g/mol. The largest absolute Gasteiger partial charge is 0.448 e. The maximum Gasteiger partial charge on any atom is 0.351 e. The van der Waals surface area contributed by atoms with Gasteiger partial charge in [0.25, 0.3) is 0 Å². The number of fused-ring (bicyclic) bond motifs is 2. The van der Waals surface area contributed by atoms with E-state index in [2.05, 4.69) is 23.2 Å². The molecule has 2 aromatic carbocycles. The number of aryl methyl sites for hydroxylation is 1. The van der Waals surface area contributed by atoms with Gasteiger partial charge in [-0.05, 0) is 51.1 Å². The van der Waals surface area contributed by atoms with Gasteiger partial charge in [0.1, 0.15) is 10.8 Å². The second kappa shape index (κ2) is 12.3. The van der Waals surface area contributed by atoms with Crippen LogP contribution in [0.4, 0.5) is 16.4 Å². The highest BCUT2D eigenvalue weighted by Crippen LogP contribution is 2.39. The minimum absolute atomic E-state index is 0.146. The quantitative estimate of drug-likeness (QED) is 0.241. The van der Waals surface area contributed by atoms with E-state index in [1.165, 1.54) is 18.7 Å². The third kappa shape index (κ3) is 6.63. The van der Waals surface area contributed by atoms with Gasteiger partial charge < -0.3 is 24.4 Å². The number of para-hydroxylation sites is 2. The van der Waals surface area contributed by atoms with Crippen LogP contribution in [0.2, 0.25) is 0 Å². The lowest BCUT2D eigenvalue weighted by Gasteiger charge is -2.42. The monoisotopic (exact) mass is 591 g/mol. The fraction of sp³-hybridized carbons (Fsp3) is 0.355. The molecule has 1 saturated heterocycles. The Hall–Kier alpha value is -4.22. The summed E-state index contributed by atoms with van der Waals surface area (Å²) in [5.41, 5.74) is 3.30. The van der Waals surface area contributed by atoms with Gasteiger partial charge in [-0.3, -0.25) is 4.48 Å². The van der Waals surface area contributed by atoms with Gasteiger partial charge in [0.15, 0.2) is 12.2 Å². The Bertz CT molecular complexity index is 1500. The average Bonchev–Trinajstić information content (AvgIpc) is 3.28. The number of amidine groups is 1. The molecule has 2 aliphatic heterocycles. The Morgan fingerprint density at radius 1 is 0.976 bits per heavy atom. The summed E-state index contributed by atoms with van der Waals surface area (Å²) in [5.74, 6) is -1.17. The van der Waals surface area contributed by atoms with Crippen LogP contribution in [0.5, 0.6) is 0 Å². The molecule has 3 aromatic rings.